The minimum atomic E-state index is -0.167. The first-order valence-electron chi connectivity index (χ1n) is 5.64. The summed E-state index contributed by atoms with van der Waals surface area (Å²) in [7, 11) is 0. The van der Waals surface area contributed by atoms with E-state index in [2.05, 4.69) is 0 Å². The van der Waals surface area contributed by atoms with E-state index in [4.69, 9.17) is 5.11 Å². The zero-order valence-electron chi connectivity index (χ0n) is 12.6. The van der Waals surface area contributed by atoms with Gasteiger partial charge in [-0.05, 0) is 41.5 Å². The summed E-state index contributed by atoms with van der Waals surface area (Å²) in [5.74, 6) is -0.250. The second-order valence-electron chi connectivity index (χ2n) is 4.26. The maximum atomic E-state index is 10.0. The van der Waals surface area contributed by atoms with Gasteiger partial charge in [0.15, 0.2) is 0 Å². The largest absolute Gasteiger partial charge is 0.394 e. The molecule has 0 aliphatic carbocycles. The van der Waals surface area contributed by atoms with Gasteiger partial charge in [-0.3, -0.25) is 19.2 Å². The molecule has 1 N–H and O–H groups in total. The van der Waals surface area contributed by atoms with E-state index in [-0.39, 0.29) is 63.8 Å². The number of carbonyl (C=O) groups is 4. The molecule has 0 aliphatic rings. The van der Waals surface area contributed by atoms with E-state index in [0.29, 0.717) is 0 Å². The normalized spacial score (nSPS) is 8.00. The summed E-state index contributed by atoms with van der Waals surface area (Å²) >= 11 is 0. The monoisotopic (exact) mass is 308 g/mol. The number of carbonyl (C=O) groups excluding carboxylic acids is 4. The third-order valence-electron chi connectivity index (χ3n) is 0.996. The van der Waals surface area contributed by atoms with Crippen LogP contribution in [0.5, 0.6) is 0 Å². The molecule has 0 aliphatic heterocycles. The van der Waals surface area contributed by atoms with Crippen molar-refractivity contribution in [3.8, 4) is 0 Å². The summed E-state index contributed by atoms with van der Waals surface area (Å²) in [6, 6.07) is 0. The Morgan fingerprint density at radius 1 is 0.737 bits per heavy atom. The Bertz CT molecular complexity index is 232. The molecule has 0 aromatic carbocycles. The minimum Gasteiger partial charge on any atom is -0.394 e. The van der Waals surface area contributed by atoms with Gasteiger partial charge >= 0.3 is 0 Å². The van der Waals surface area contributed by atoms with Crippen molar-refractivity contribution in [1.82, 2.24) is 0 Å². The topological polar surface area (TPSA) is 88.5 Å². The van der Waals surface area contributed by atoms with E-state index in [1.54, 1.807) is 13.8 Å². The van der Waals surface area contributed by atoms with Gasteiger partial charge in [0.05, 0.1) is 12.8 Å². The number of aliphatic hydroxyl groups excluding tert-OH is 1. The van der Waals surface area contributed by atoms with E-state index in [1.165, 1.54) is 27.7 Å². The fourth-order valence-electron chi connectivity index (χ4n) is 0.701. The predicted octanol–water partition coefficient (Wildman–Crippen LogP) is 1.49. The molecular formula is C13H24O5Ti. The van der Waals surface area contributed by atoms with Crippen LogP contribution in [0.15, 0.2) is 0 Å². The van der Waals surface area contributed by atoms with Crippen molar-refractivity contribution >= 4 is 23.1 Å². The Labute approximate surface area is 130 Å². The smallest absolute Gasteiger partial charge is 0.137 e. The van der Waals surface area contributed by atoms with E-state index < -0.39 is 0 Å². The SMILES string of the molecule is CC(=O)CC(C)=O.CC(=O)CC(C)=O.CC(C)O.[Ti]. The van der Waals surface area contributed by atoms with Gasteiger partial charge in [0.1, 0.15) is 23.1 Å². The van der Waals surface area contributed by atoms with Crippen molar-refractivity contribution in [3.63, 3.8) is 0 Å². The minimum absolute atomic E-state index is 0. The average Bonchev–Trinajstić information content (AvgIpc) is 1.96. The van der Waals surface area contributed by atoms with Crippen LogP contribution in [-0.4, -0.2) is 34.3 Å². The molecule has 0 heterocycles. The van der Waals surface area contributed by atoms with E-state index >= 15 is 0 Å². The summed E-state index contributed by atoms with van der Waals surface area (Å²) in [5, 5.41) is 8.06. The van der Waals surface area contributed by atoms with Crippen molar-refractivity contribution < 1.29 is 46.0 Å². The fraction of sp³-hybridized carbons (Fsp3) is 0.692. The molecule has 0 spiro atoms. The molecule has 0 aromatic heterocycles. The first kappa shape index (κ1) is 26.8. The molecule has 0 radical (unpaired) electrons. The number of hydrogen-bond donors (Lipinski definition) is 1. The summed E-state index contributed by atoms with van der Waals surface area (Å²) < 4.78 is 0. The standard InChI is InChI=1S/2C5H8O2.C3H8O.Ti/c2*1-4(6)3-5(2)7;1-3(2)4;/h2*3H2,1-2H3;3-4H,1-2H3;. The molecule has 0 amide bonds. The van der Waals surface area contributed by atoms with Crippen LogP contribution in [0, 0.1) is 0 Å². The van der Waals surface area contributed by atoms with Gasteiger partial charge in [-0.25, -0.2) is 0 Å². The summed E-state index contributed by atoms with van der Waals surface area (Å²) in [5.41, 5.74) is 0. The third-order valence-corrected chi connectivity index (χ3v) is 0.996. The molecule has 0 saturated carbocycles. The second-order valence-corrected chi connectivity index (χ2v) is 4.26. The van der Waals surface area contributed by atoms with Crippen LogP contribution in [0.1, 0.15) is 54.4 Å². The number of Topliss-reactive ketones (excluding diaryl/α,β-unsaturated/α-hetero) is 4. The second kappa shape index (κ2) is 17.4. The number of rotatable bonds is 4. The van der Waals surface area contributed by atoms with Gasteiger partial charge in [-0.1, -0.05) is 0 Å². The van der Waals surface area contributed by atoms with Crippen molar-refractivity contribution in [3.05, 3.63) is 0 Å². The Morgan fingerprint density at radius 3 is 0.842 bits per heavy atom. The third kappa shape index (κ3) is 75.6. The van der Waals surface area contributed by atoms with Crippen LogP contribution in [0.2, 0.25) is 0 Å². The van der Waals surface area contributed by atoms with Crippen LogP contribution in [-0.2, 0) is 40.9 Å². The summed E-state index contributed by atoms with van der Waals surface area (Å²) in [6.45, 7) is 9.06. The predicted molar refractivity (Wildman–Crippen MR) is 69.3 cm³/mol. The van der Waals surface area contributed by atoms with Crippen molar-refractivity contribution in [1.29, 1.82) is 0 Å². The van der Waals surface area contributed by atoms with Gasteiger partial charge in [0.25, 0.3) is 0 Å². The molecule has 19 heavy (non-hydrogen) atoms. The molecule has 5 nitrogen and oxygen atoms in total. The van der Waals surface area contributed by atoms with Crippen molar-refractivity contribution in [2.45, 2.75) is 60.5 Å². The molecule has 0 bridgehead atoms. The molecule has 110 valence electrons. The van der Waals surface area contributed by atoms with E-state index in [9.17, 15) is 19.2 Å². The van der Waals surface area contributed by atoms with Crippen LogP contribution < -0.4 is 0 Å². The Balaban J connectivity index is -0.0000000900. The van der Waals surface area contributed by atoms with Crippen LogP contribution in [0.3, 0.4) is 0 Å². The van der Waals surface area contributed by atoms with Crippen LogP contribution in [0.4, 0.5) is 0 Å². The molecular weight excluding hydrogens is 284 g/mol. The van der Waals surface area contributed by atoms with Crippen LogP contribution in [0.25, 0.3) is 0 Å². The van der Waals surface area contributed by atoms with Gasteiger partial charge < -0.3 is 5.11 Å². The molecule has 0 rings (SSSR count). The Morgan fingerprint density at radius 2 is 0.842 bits per heavy atom. The zero-order valence-corrected chi connectivity index (χ0v) is 14.1. The maximum absolute atomic E-state index is 10.0. The van der Waals surface area contributed by atoms with E-state index in [0.717, 1.165) is 0 Å². The van der Waals surface area contributed by atoms with Gasteiger partial charge in [-0.15, -0.1) is 0 Å². The van der Waals surface area contributed by atoms with Gasteiger partial charge in [-0.2, -0.15) is 0 Å². The molecule has 0 unspecified atom stereocenters. The van der Waals surface area contributed by atoms with Crippen molar-refractivity contribution in [2.75, 3.05) is 0 Å². The Kier molecular flexibility index (Phi) is 24.5. The van der Waals surface area contributed by atoms with Crippen LogP contribution >= 0.6 is 0 Å². The van der Waals surface area contributed by atoms with Gasteiger partial charge in [0, 0.05) is 27.8 Å². The first-order chi connectivity index (χ1) is 7.98. The van der Waals surface area contributed by atoms with E-state index in [1.807, 2.05) is 0 Å². The quantitative estimate of drug-likeness (QED) is 0.628. The van der Waals surface area contributed by atoms with Crippen molar-refractivity contribution in [2.24, 2.45) is 0 Å². The molecule has 6 heteroatoms. The zero-order chi connectivity index (χ0) is 15.3. The average molecular weight is 308 g/mol. The molecule has 0 atom stereocenters. The molecule has 0 aromatic rings. The first-order valence-corrected chi connectivity index (χ1v) is 5.64. The molecule has 0 fully saturated rings. The Hall–Kier alpha value is -0.646. The number of hydrogen-bond acceptors (Lipinski definition) is 5. The number of ketones is 4. The summed E-state index contributed by atoms with van der Waals surface area (Å²) in [4.78, 5) is 40.1. The molecule has 0 saturated heterocycles. The van der Waals surface area contributed by atoms with Gasteiger partial charge in [0.2, 0.25) is 0 Å². The summed E-state index contributed by atoms with van der Waals surface area (Å²) in [6.07, 6.45) is -0.000000000000000222. The fourth-order valence-corrected chi connectivity index (χ4v) is 0.701. The maximum Gasteiger partial charge on any atom is 0.137 e. The number of aliphatic hydroxyl groups is 1.